The first-order valence-corrected chi connectivity index (χ1v) is 5.48. The second-order valence-corrected chi connectivity index (χ2v) is 4.65. The number of anilines is 1. The van der Waals surface area contributed by atoms with Crippen LogP contribution in [0.4, 0.5) is 6.01 Å². The van der Waals surface area contributed by atoms with Crippen LogP contribution in [-0.4, -0.2) is 36.8 Å². The Bertz CT molecular complexity index is 354. The van der Waals surface area contributed by atoms with Gasteiger partial charge >= 0.3 is 6.01 Å². The number of nitrogens with one attached hydrogen (secondary N) is 1. The summed E-state index contributed by atoms with van der Waals surface area (Å²) in [5.41, 5.74) is 0. The van der Waals surface area contributed by atoms with Gasteiger partial charge in [0.2, 0.25) is 0 Å². The lowest BCUT2D eigenvalue weighted by Gasteiger charge is -2.14. The summed E-state index contributed by atoms with van der Waals surface area (Å²) in [6.07, 6.45) is 0. The summed E-state index contributed by atoms with van der Waals surface area (Å²) in [6, 6.07) is 0.644. The van der Waals surface area contributed by atoms with Crippen LogP contribution < -0.4 is 10.2 Å². The minimum atomic E-state index is 0.644. The van der Waals surface area contributed by atoms with Gasteiger partial charge in [-0.1, -0.05) is 5.16 Å². The number of aryl methyl sites for hydroxylation is 1. The first kappa shape index (κ1) is 9.15. The lowest BCUT2D eigenvalue weighted by atomic mass is 10.3. The summed E-state index contributed by atoms with van der Waals surface area (Å²) in [4.78, 5) is 6.29. The monoisotopic (exact) mass is 208 g/mol. The number of hydrogen-bond donors (Lipinski definition) is 1. The van der Waals surface area contributed by atoms with E-state index in [0.717, 1.165) is 24.3 Å². The number of fused-ring (bicyclic) bond motifs is 1. The van der Waals surface area contributed by atoms with Gasteiger partial charge in [0.25, 0.3) is 0 Å². The normalized spacial score (nSPS) is 32.8. The first-order valence-electron chi connectivity index (χ1n) is 5.48. The fourth-order valence-corrected chi connectivity index (χ4v) is 2.65. The minimum Gasteiger partial charge on any atom is -0.327 e. The van der Waals surface area contributed by atoms with Crippen molar-refractivity contribution in [3.8, 4) is 0 Å². The average molecular weight is 208 g/mol. The Labute approximate surface area is 88.8 Å². The van der Waals surface area contributed by atoms with E-state index in [9.17, 15) is 0 Å². The van der Waals surface area contributed by atoms with Gasteiger partial charge in [-0.15, -0.1) is 0 Å². The molecule has 3 rings (SSSR count). The van der Waals surface area contributed by atoms with Gasteiger partial charge in [-0.25, -0.2) is 0 Å². The van der Waals surface area contributed by atoms with Gasteiger partial charge in [0.1, 0.15) is 0 Å². The molecule has 1 saturated carbocycles. The van der Waals surface area contributed by atoms with E-state index in [1.165, 1.54) is 13.1 Å². The Balaban J connectivity index is 1.60. The van der Waals surface area contributed by atoms with Crippen LogP contribution in [0.15, 0.2) is 4.52 Å². The molecule has 5 heteroatoms. The molecule has 1 N–H and O–H groups in total. The summed E-state index contributed by atoms with van der Waals surface area (Å²) in [6.45, 7) is 5.26. The first-order chi connectivity index (χ1) is 7.25. The SMILES string of the molecule is Cc1noc(N(C)CC2C3CNCC32)n1. The molecule has 1 aliphatic carbocycles. The fraction of sp³-hybridized carbons (Fsp3) is 0.800. The van der Waals surface area contributed by atoms with E-state index in [2.05, 4.69) is 20.4 Å². The number of rotatable bonds is 3. The Morgan fingerprint density at radius 2 is 2.20 bits per heavy atom. The number of piperidine rings is 1. The van der Waals surface area contributed by atoms with Gasteiger partial charge in [0.15, 0.2) is 5.82 Å². The van der Waals surface area contributed by atoms with Crippen molar-refractivity contribution in [1.82, 2.24) is 15.5 Å². The van der Waals surface area contributed by atoms with Crippen molar-refractivity contribution in [2.75, 3.05) is 31.6 Å². The quantitative estimate of drug-likeness (QED) is 0.773. The lowest BCUT2D eigenvalue weighted by molar-refractivity contribution is 0.409. The molecule has 2 unspecified atom stereocenters. The Morgan fingerprint density at radius 1 is 1.47 bits per heavy atom. The maximum Gasteiger partial charge on any atom is 0.323 e. The maximum atomic E-state index is 5.13. The summed E-state index contributed by atoms with van der Waals surface area (Å²) in [5, 5.41) is 7.20. The van der Waals surface area contributed by atoms with Crippen LogP contribution in [0.1, 0.15) is 5.82 Å². The summed E-state index contributed by atoms with van der Waals surface area (Å²) >= 11 is 0. The van der Waals surface area contributed by atoms with E-state index in [-0.39, 0.29) is 0 Å². The second kappa shape index (κ2) is 3.20. The molecule has 0 spiro atoms. The van der Waals surface area contributed by atoms with Crippen LogP contribution in [0.25, 0.3) is 0 Å². The molecule has 2 atom stereocenters. The van der Waals surface area contributed by atoms with E-state index in [0.29, 0.717) is 11.8 Å². The van der Waals surface area contributed by atoms with Crippen molar-refractivity contribution < 1.29 is 4.52 Å². The molecule has 5 nitrogen and oxygen atoms in total. The van der Waals surface area contributed by atoms with Gasteiger partial charge in [-0.05, 0) is 37.8 Å². The molecule has 2 fully saturated rings. The van der Waals surface area contributed by atoms with Crippen molar-refractivity contribution in [2.45, 2.75) is 6.92 Å². The molecule has 1 saturated heterocycles. The molecule has 0 amide bonds. The van der Waals surface area contributed by atoms with Crippen LogP contribution in [0.3, 0.4) is 0 Å². The molecular weight excluding hydrogens is 192 g/mol. The Kier molecular flexibility index (Phi) is 1.95. The molecule has 0 bridgehead atoms. The molecule has 1 aromatic rings. The van der Waals surface area contributed by atoms with Crippen LogP contribution in [0.5, 0.6) is 0 Å². The second-order valence-electron chi connectivity index (χ2n) is 4.65. The Hall–Kier alpha value is -1.10. The number of aromatic nitrogens is 2. The summed E-state index contributed by atoms with van der Waals surface area (Å²) in [7, 11) is 2.02. The lowest BCUT2D eigenvalue weighted by Crippen LogP contribution is -2.25. The van der Waals surface area contributed by atoms with E-state index in [1.807, 2.05) is 14.0 Å². The number of hydrogen-bond acceptors (Lipinski definition) is 5. The van der Waals surface area contributed by atoms with Crippen molar-refractivity contribution in [3.63, 3.8) is 0 Å². The third-order valence-corrected chi connectivity index (χ3v) is 3.60. The fourth-order valence-electron chi connectivity index (χ4n) is 2.65. The van der Waals surface area contributed by atoms with Gasteiger partial charge in [0, 0.05) is 13.6 Å². The zero-order chi connectivity index (χ0) is 10.4. The maximum absolute atomic E-state index is 5.13. The standard InChI is InChI=1S/C10H16N4O/c1-6-12-10(15-13-6)14(2)5-9-7-3-11-4-8(7)9/h7-9,11H,3-5H2,1-2H3. The zero-order valence-electron chi connectivity index (χ0n) is 9.10. The van der Waals surface area contributed by atoms with Crippen LogP contribution in [0, 0.1) is 24.7 Å². The molecule has 1 aliphatic heterocycles. The molecule has 1 aromatic heterocycles. The molecule has 82 valence electrons. The molecule has 15 heavy (non-hydrogen) atoms. The van der Waals surface area contributed by atoms with E-state index >= 15 is 0 Å². The topological polar surface area (TPSA) is 54.2 Å². The molecule has 2 heterocycles. The molecular formula is C10H16N4O. The highest BCUT2D eigenvalue weighted by molar-refractivity contribution is 5.25. The number of nitrogens with zero attached hydrogens (tertiary/aromatic N) is 3. The smallest absolute Gasteiger partial charge is 0.323 e. The van der Waals surface area contributed by atoms with Crippen molar-refractivity contribution in [3.05, 3.63) is 5.82 Å². The van der Waals surface area contributed by atoms with Gasteiger partial charge in [0.05, 0.1) is 0 Å². The zero-order valence-corrected chi connectivity index (χ0v) is 9.10. The van der Waals surface area contributed by atoms with Crippen LogP contribution in [0.2, 0.25) is 0 Å². The van der Waals surface area contributed by atoms with Crippen LogP contribution in [-0.2, 0) is 0 Å². The highest BCUT2D eigenvalue weighted by Gasteiger charge is 2.52. The minimum absolute atomic E-state index is 0.644. The Morgan fingerprint density at radius 3 is 2.80 bits per heavy atom. The van der Waals surface area contributed by atoms with Gasteiger partial charge in [-0.3, -0.25) is 0 Å². The van der Waals surface area contributed by atoms with E-state index in [4.69, 9.17) is 4.52 Å². The molecule has 0 radical (unpaired) electrons. The van der Waals surface area contributed by atoms with Gasteiger partial charge < -0.3 is 14.7 Å². The summed E-state index contributed by atoms with van der Waals surface area (Å²) < 4.78 is 5.13. The van der Waals surface area contributed by atoms with E-state index in [1.54, 1.807) is 0 Å². The predicted molar refractivity (Wildman–Crippen MR) is 55.6 cm³/mol. The predicted octanol–water partition coefficient (Wildman–Crippen LogP) is 0.280. The van der Waals surface area contributed by atoms with Gasteiger partial charge in [-0.2, -0.15) is 4.98 Å². The molecule has 0 aromatic carbocycles. The van der Waals surface area contributed by atoms with Crippen molar-refractivity contribution in [2.24, 2.45) is 17.8 Å². The summed E-state index contributed by atoms with van der Waals surface area (Å²) in [5.74, 6) is 3.30. The largest absolute Gasteiger partial charge is 0.327 e. The van der Waals surface area contributed by atoms with Crippen molar-refractivity contribution >= 4 is 6.01 Å². The van der Waals surface area contributed by atoms with E-state index < -0.39 is 0 Å². The highest BCUT2D eigenvalue weighted by atomic mass is 16.5. The van der Waals surface area contributed by atoms with Crippen molar-refractivity contribution in [1.29, 1.82) is 0 Å². The average Bonchev–Trinajstić information content (AvgIpc) is 2.66. The highest BCUT2D eigenvalue weighted by Crippen LogP contribution is 2.48. The van der Waals surface area contributed by atoms with Crippen LogP contribution >= 0.6 is 0 Å². The third kappa shape index (κ3) is 1.51. The third-order valence-electron chi connectivity index (χ3n) is 3.60. The molecule has 2 aliphatic rings.